The predicted octanol–water partition coefficient (Wildman–Crippen LogP) is 8.69. The zero-order valence-electron chi connectivity index (χ0n) is 36.8. The standard InChI is InChI=1S/C15H33N3O2Si.C14H33NO3Si.C9H18O2/c1-10-11(2)15(7,19)13(12(3)17-18-16)20-21(8,9)14(4,5)6;1-9-11(16)14(6,17)12(10(2)15)18-19(7,8)13(3,4)5;1-5-6(2)9(4,10)8-7(3)11-8/h11-13,19H,10H2,1-9H3;10-12,16-17H,9,15H2,1-8H3;6-8,10H,5H2,1-4H3/t11-,12-,13-,15-;10-,11-,12-,14-;6-,7+,8-,9-/m111/s1. The molecule has 0 spiro atoms. The molecule has 1 aliphatic rings. The number of aliphatic hydroxyl groups excluding tert-OH is 1. The van der Waals surface area contributed by atoms with Crippen molar-refractivity contribution in [3.8, 4) is 0 Å². The number of hydrogen-bond donors (Lipinski definition) is 5. The van der Waals surface area contributed by atoms with Crippen molar-refractivity contribution < 1.29 is 34.0 Å². The molecule has 0 aromatic rings. The lowest BCUT2D eigenvalue weighted by Gasteiger charge is -2.46. The summed E-state index contributed by atoms with van der Waals surface area (Å²) in [5, 5.41) is 45.5. The summed E-state index contributed by atoms with van der Waals surface area (Å²) in [6.45, 7) is 42.4. The van der Waals surface area contributed by atoms with E-state index in [0.29, 0.717) is 12.3 Å². The van der Waals surface area contributed by atoms with Gasteiger partial charge in [0.2, 0.25) is 0 Å². The van der Waals surface area contributed by atoms with Crippen molar-refractivity contribution >= 4 is 16.6 Å². The van der Waals surface area contributed by atoms with Gasteiger partial charge in [-0.3, -0.25) is 0 Å². The average Bonchev–Trinajstić information content (AvgIpc) is 3.73. The number of azide groups is 1. The van der Waals surface area contributed by atoms with Crippen LogP contribution in [-0.2, 0) is 13.6 Å². The van der Waals surface area contributed by atoms with Crippen molar-refractivity contribution in [1.82, 2.24) is 0 Å². The van der Waals surface area contributed by atoms with Crippen LogP contribution >= 0.6 is 0 Å². The van der Waals surface area contributed by atoms with Crippen LogP contribution in [-0.4, -0.2) is 96.5 Å². The highest BCUT2D eigenvalue weighted by Gasteiger charge is 2.51. The molecule has 6 N–H and O–H groups in total. The van der Waals surface area contributed by atoms with Crippen LogP contribution in [0.15, 0.2) is 5.11 Å². The number of nitrogens with zero attached hydrogens (tertiary/aromatic N) is 3. The lowest BCUT2D eigenvalue weighted by molar-refractivity contribution is -0.135. The van der Waals surface area contributed by atoms with E-state index >= 15 is 0 Å². The fraction of sp³-hybridized carbons (Fsp3) is 1.00. The highest BCUT2D eigenvalue weighted by molar-refractivity contribution is 6.74. The molecule has 306 valence electrons. The number of rotatable bonds is 16. The maximum absolute atomic E-state index is 11.0. The van der Waals surface area contributed by atoms with Crippen LogP contribution in [0, 0.1) is 11.8 Å². The van der Waals surface area contributed by atoms with Gasteiger partial charge < -0.3 is 39.7 Å². The molecule has 13 heteroatoms. The Morgan fingerprint density at radius 2 is 1.12 bits per heavy atom. The third-order valence-electron chi connectivity index (χ3n) is 12.3. The molecule has 11 nitrogen and oxygen atoms in total. The molecule has 0 aromatic heterocycles. The van der Waals surface area contributed by atoms with E-state index in [1.165, 1.54) is 0 Å². The first-order chi connectivity index (χ1) is 22.6. The third-order valence-corrected chi connectivity index (χ3v) is 21.2. The average molecular weight is 765 g/mol. The molecular formula is C38H84N4O7Si2. The minimum absolute atomic E-state index is 0.0346. The van der Waals surface area contributed by atoms with Crippen LogP contribution in [0.3, 0.4) is 0 Å². The summed E-state index contributed by atoms with van der Waals surface area (Å²) in [7, 11) is -4.12. The Morgan fingerprint density at radius 1 is 0.745 bits per heavy atom. The van der Waals surface area contributed by atoms with E-state index < -0.39 is 57.8 Å². The first-order valence-corrected chi connectivity index (χ1v) is 25.1. The van der Waals surface area contributed by atoms with Crippen LogP contribution in [0.25, 0.3) is 10.4 Å². The van der Waals surface area contributed by atoms with Gasteiger partial charge in [-0.2, -0.15) is 0 Å². The Kier molecular flexibility index (Phi) is 20.4. The van der Waals surface area contributed by atoms with E-state index in [-0.39, 0.29) is 34.2 Å². The van der Waals surface area contributed by atoms with E-state index in [4.69, 9.17) is 24.9 Å². The Labute approximate surface area is 315 Å². The molecular weight excluding hydrogens is 681 g/mol. The van der Waals surface area contributed by atoms with Gasteiger partial charge in [0, 0.05) is 11.0 Å². The summed E-state index contributed by atoms with van der Waals surface area (Å²) >= 11 is 0. The summed E-state index contributed by atoms with van der Waals surface area (Å²) < 4.78 is 17.9. The molecule has 1 heterocycles. The predicted molar refractivity (Wildman–Crippen MR) is 218 cm³/mol. The number of hydrogen-bond acceptors (Lipinski definition) is 9. The van der Waals surface area contributed by atoms with Crippen molar-refractivity contribution in [1.29, 1.82) is 0 Å². The first kappa shape index (κ1) is 52.5. The van der Waals surface area contributed by atoms with Crippen LogP contribution in [0.1, 0.15) is 137 Å². The van der Waals surface area contributed by atoms with Gasteiger partial charge in [-0.25, -0.2) is 0 Å². The van der Waals surface area contributed by atoms with Crippen LogP contribution in [0.2, 0.25) is 36.3 Å². The summed E-state index contributed by atoms with van der Waals surface area (Å²) in [4.78, 5) is 2.90. The van der Waals surface area contributed by atoms with Gasteiger partial charge in [0.25, 0.3) is 0 Å². The molecule has 0 aromatic carbocycles. The topological polar surface area (TPSA) is 187 Å². The van der Waals surface area contributed by atoms with Crippen LogP contribution < -0.4 is 5.73 Å². The molecule has 1 fully saturated rings. The number of nitrogens with two attached hydrogens (primary N) is 1. The molecule has 51 heavy (non-hydrogen) atoms. The van der Waals surface area contributed by atoms with Gasteiger partial charge in [0.15, 0.2) is 16.6 Å². The summed E-state index contributed by atoms with van der Waals surface area (Å²) in [5.41, 5.74) is 11.7. The van der Waals surface area contributed by atoms with Gasteiger partial charge in [-0.05, 0) is 94.7 Å². The molecule has 1 aliphatic heterocycles. The second-order valence-electron chi connectivity index (χ2n) is 18.9. The van der Waals surface area contributed by atoms with Crippen molar-refractivity contribution in [2.45, 2.75) is 233 Å². The lowest BCUT2D eigenvalue weighted by atomic mass is 9.81. The highest BCUT2D eigenvalue weighted by atomic mass is 28.4. The number of epoxide rings is 1. The molecule has 0 aliphatic carbocycles. The van der Waals surface area contributed by atoms with E-state index in [2.05, 4.69) is 91.6 Å². The van der Waals surface area contributed by atoms with E-state index in [1.807, 2.05) is 48.5 Å². The van der Waals surface area contributed by atoms with E-state index in [1.54, 1.807) is 13.8 Å². The highest BCUT2D eigenvalue weighted by Crippen LogP contribution is 2.42. The SMILES string of the molecule is CC[C@@H](C)[C@@](C)(O)[C@@H]1O[C@H]1C.CC[C@@H](C)[C@@](C)(O)[C@H](O[Si](C)(C)C(C)(C)C)[C@@H](C)N=[N+]=[N-].CC[C@@H](O)[C@@](C)(O)[C@H](O[Si](C)(C)C(C)(C)C)[C@@H](C)N. The Balaban J connectivity index is 0. The van der Waals surface area contributed by atoms with Crippen LogP contribution in [0.4, 0.5) is 0 Å². The second kappa shape index (κ2) is 19.8. The zero-order valence-corrected chi connectivity index (χ0v) is 38.8. The molecule has 12 atom stereocenters. The smallest absolute Gasteiger partial charge is 0.192 e. The van der Waals surface area contributed by atoms with Gasteiger partial charge >= 0.3 is 0 Å². The maximum atomic E-state index is 11.0. The number of ether oxygens (including phenoxy) is 1. The van der Waals surface area contributed by atoms with Crippen molar-refractivity contribution in [2.75, 3.05) is 0 Å². The normalized spacial score (nSPS) is 24.5. The van der Waals surface area contributed by atoms with Crippen molar-refractivity contribution in [3.05, 3.63) is 10.4 Å². The van der Waals surface area contributed by atoms with Crippen LogP contribution in [0.5, 0.6) is 0 Å². The fourth-order valence-electron chi connectivity index (χ4n) is 5.38. The quantitative estimate of drug-likeness (QED) is 0.0339. The molecule has 0 radical (unpaired) electrons. The minimum Gasteiger partial charge on any atom is -0.411 e. The van der Waals surface area contributed by atoms with Crippen molar-refractivity contribution in [2.24, 2.45) is 22.7 Å². The lowest BCUT2D eigenvalue weighted by Crippen LogP contribution is -2.61. The van der Waals surface area contributed by atoms with Gasteiger partial charge in [-0.15, -0.1) is 0 Å². The van der Waals surface area contributed by atoms with Gasteiger partial charge in [-0.1, -0.05) is 101 Å². The van der Waals surface area contributed by atoms with Gasteiger partial charge in [0.1, 0.15) is 11.7 Å². The Bertz CT molecular complexity index is 1060. The molecule has 1 rings (SSSR count). The molecule has 1 saturated heterocycles. The molecule has 0 bridgehead atoms. The van der Waals surface area contributed by atoms with E-state index in [9.17, 15) is 20.4 Å². The maximum Gasteiger partial charge on any atom is 0.192 e. The summed E-state index contributed by atoms with van der Waals surface area (Å²) in [6.07, 6.45) is 0.724. The summed E-state index contributed by atoms with van der Waals surface area (Å²) in [6, 6.07) is -0.751. The Morgan fingerprint density at radius 3 is 1.39 bits per heavy atom. The third kappa shape index (κ3) is 14.9. The minimum atomic E-state index is -2.07. The Hall–Kier alpha value is -0.576. The van der Waals surface area contributed by atoms with E-state index in [0.717, 1.165) is 12.8 Å². The molecule has 0 amide bonds. The first-order valence-electron chi connectivity index (χ1n) is 19.2. The fourth-order valence-corrected chi connectivity index (χ4v) is 8.25. The molecule has 0 saturated carbocycles. The largest absolute Gasteiger partial charge is 0.411 e. The molecule has 0 unspecified atom stereocenters. The zero-order chi connectivity index (χ0) is 41.4. The number of aliphatic hydroxyl groups is 4. The summed E-state index contributed by atoms with van der Waals surface area (Å²) in [5.74, 6) is 0.376. The van der Waals surface area contributed by atoms with Crippen molar-refractivity contribution in [3.63, 3.8) is 0 Å². The van der Waals surface area contributed by atoms with Gasteiger partial charge in [0.05, 0.1) is 41.7 Å². The monoisotopic (exact) mass is 765 g/mol. The second-order valence-corrected chi connectivity index (χ2v) is 28.4.